The molecule has 6 nitrogen and oxygen atoms in total. The van der Waals surface area contributed by atoms with Gasteiger partial charge in [-0.05, 0) is 12.5 Å². The highest BCUT2D eigenvalue weighted by molar-refractivity contribution is 7.91. The van der Waals surface area contributed by atoms with E-state index in [2.05, 4.69) is 0 Å². The van der Waals surface area contributed by atoms with Crippen molar-refractivity contribution in [2.24, 2.45) is 5.73 Å². The highest BCUT2D eigenvalue weighted by Crippen LogP contribution is 2.32. The first-order valence-electron chi connectivity index (χ1n) is 5.53. The van der Waals surface area contributed by atoms with Crippen molar-refractivity contribution in [1.29, 1.82) is 0 Å². The number of sulfone groups is 1. The Morgan fingerprint density at radius 2 is 2.06 bits per heavy atom. The Bertz CT molecular complexity index is 565. The van der Waals surface area contributed by atoms with E-state index in [0.717, 1.165) is 5.00 Å². The van der Waals surface area contributed by atoms with E-state index in [4.69, 9.17) is 11.5 Å². The summed E-state index contributed by atoms with van der Waals surface area (Å²) in [5.74, 6) is -0.199. The molecule has 0 spiro atoms. The van der Waals surface area contributed by atoms with E-state index in [1.54, 1.807) is 6.07 Å². The number of thiophene rings is 1. The smallest absolute Gasteiger partial charge is 0.260 e. The van der Waals surface area contributed by atoms with Gasteiger partial charge in [0.05, 0.1) is 22.2 Å². The number of nitrogens with two attached hydrogens (primary N) is 2. The van der Waals surface area contributed by atoms with Crippen LogP contribution in [-0.2, 0) is 9.84 Å². The average molecular weight is 289 g/mol. The lowest BCUT2D eigenvalue weighted by molar-refractivity contribution is 0.100. The lowest BCUT2D eigenvalue weighted by atomic mass is 10.3. The molecule has 1 aliphatic heterocycles. The highest BCUT2D eigenvalue weighted by atomic mass is 32.2. The molecule has 1 fully saturated rings. The van der Waals surface area contributed by atoms with Crippen LogP contribution in [0.15, 0.2) is 6.07 Å². The van der Waals surface area contributed by atoms with E-state index in [0.29, 0.717) is 30.1 Å². The lowest BCUT2D eigenvalue weighted by Crippen LogP contribution is -2.25. The fraction of sp³-hybridized carbons (Fsp3) is 0.500. The van der Waals surface area contributed by atoms with Crippen LogP contribution in [0.2, 0.25) is 0 Å². The summed E-state index contributed by atoms with van der Waals surface area (Å²) in [7, 11) is -2.94. The van der Waals surface area contributed by atoms with Crippen LogP contribution in [0.25, 0.3) is 0 Å². The standard InChI is InChI=1S/C10H15N3O3S2/c11-7-6-8(17-9(7)10(12)14)13-2-1-4-18(15,16)5-3-13/h6H,1-5,11H2,(H2,12,14). The fourth-order valence-electron chi connectivity index (χ4n) is 1.90. The van der Waals surface area contributed by atoms with Crippen molar-refractivity contribution in [3.05, 3.63) is 10.9 Å². The minimum atomic E-state index is -2.94. The molecular formula is C10H15N3O3S2. The van der Waals surface area contributed by atoms with Gasteiger partial charge in [-0.25, -0.2) is 8.42 Å². The number of rotatable bonds is 2. The van der Waals surface area contributed by atoms with Crippen LogP contribution in [0.1, 0.15) is 16.1 Å². The number of primary amides is 1. The molecule has 8 heteroatoms. The van der Waals surface area contributed by atoms with Crippen LogP contribution < -0.4 is 16.4 Å². The third-order valence-corrected chi connectivity index (χ3v) is 5.78. The molecule has 1 aromatic rings. The van der Waals surface area contributed by atoms with Crippen LogP contribution in [0.5, 0.6) is 0 Å². The minimum absolute atomic E-state index is 0.136. The summed E-state index contributed by atoms with van der Waals surface area (Å²) in [6, 6.07) is 1.68. The van der Waals surface area contributed by atoms with Crippen molar-refractivity contribution in [2.75, 3.05) is 35.2 Å². The van der Waals surface area contributed by atoms with Gasteiger partial charge in [-0.2, -0.15) is 0 Å². The Morgan fingerprint density at radius 1 is 1.33 bits per heavy atom. The first-order valence-corrected chi connectivity index (χ1v) is 8.17. The lowest BCUT2D eigenvalue weighted by Gasteiger charge is -2.19. The van der Waals surface area contributed by atoms with Crippen molar-refractivity contribution in [3.8, 4) is 0 Å². The van der Waals surface area contributed by atoms with Gasteiger partial charge in [-0.3, -0.25) is 4.79 Å². The maximum Gasteiger partial charge on any atom is 0.260 e. The monoisotopic (exact) mass is 289 g/mol. The first-order chi connectivity index (χ1) is 8.39. The first kappa shape index (κ1) is 13.2. The van der Waals surface area contributed by atoms with Crippen LogP contribution >= 0.6 is 11.3 Å². The molecule has 4 N–H and O–H groups in total. The number of amides is 1. The Kier molecular flexibility index (Phi) is 3.49. The molecule has 2 heterocycles. The molecule has 18 heavy (non-hydrogen) atoms. The number of carbonyl (C=O) groups is 1. The van der Waals surface area contributed by atoms with Gasteiger partial charge in [0.2, 0.25) is 0 Å². The maximum atomic E-state index is 11.5. The molecule has 0 aromatic carbocycles. The molecule has 100 valence electrons. The molecule has 1 aliphatic rings. The van der Waals surface area contributed by atoms with Crippen LogP contribution in [-0.4, -0.2) is 38.9 Å². The topological polar surface area (TPSA) is 106 Å². The van der Waals surface area contributed by atoms with Gasteiger partial charge < -0.3 is 16.4 Å². The van der Waals surface area contributed by atoms with Crippen LogP contribution in [0.4, 0.5) is 10.7 Å². The zero-order chi connectivity index (χ0) is 13.3. The number of nitrogen functional groups attached to an aromatic ring is 1. The molecule has 0 unspecified atom stereocenters. The quantitative estimate of drug-likeness (QED) is 0.800. The van der Waals surface area contributed by atoms with Gasteiger partial charge in [-0.15, -0.1) is 11.3 Å². The third-order valence-electron chi connectivity index (χ3n) is 2.84. The zero-order valence-electron chi connectivity index (χ0n) is 9.76. The predicted molar refractivity (Wildman–Crippen MR) is 72.7 cm³/mol. The second kappa shape index (κ2) is 4.77. The Morgan fingerprint density at radius 3 is 2.67 bits per heavy atom. The summed E-state index contributed by atoms with van der Waals surface area (Å²) in [5, 5.41) is 0.804. The molecular weight excluding hydrogens is 274 g/mol. The van der Waals surface area contributed by atoms with Gasteiger partial charge in [0.1, 0.15) is 4.88 Å². The number of hydrogen-bond acceptors (Lipinski definition) is 6. The van der Waals surface area contributed by atoms with Crippen molar-refractivity contribution >= 4 is 37.8 Å². The van der Waals surface area contributed by atoms with Gasteiger partial charge in [0, 0.05) is 13.1 Å². The average Bonchev–Trinajstić information content (AvgIpc) is 2.55. The van der Waals surface area contributed by atoms with Gasteiger partial charge in [0.15, 0.2) is 9.84 Å². The minimum Gasteiger partial charge on any atom is -0.397 e. The molecule has 0 radical (unpaired) electrons. The Balaban J connectivity index is 2.22. The predicted octanol–water partition coefficient (Wildman–Crippen LogP) is 0.0541. The van der Waals surface area contributed by atoms with Gasteiger partial charge in [0.25, 0.3) is 5.91 Å². The number of carbonyl (C=O) groups excluding carboxylic acids is 1. The third kappa shape index (κ3) is 2.75. The van der Waals surface area contributed by atoms with E-state index in [-0.39, 0.29) is 11.5 Å². The summed E-state index contributed by atoms with van der Waals surface area (Å²) in [6.45, 7) is 1.08. The molecule has 1 saturated heterocycles. The summed E-state index contributed by atoms with van der Waals surface area (Å²) in [5.41, 5.74) is 11.3. The summed E-state index contributed by atoms with van der Waals surface area (Å²) < 4.78 is 23.0. The number of anilines is 2. The second-order valence-corrected chi connectivity index (χ2v) is 7.56. The summed E-state index contributed by atoms with van der Waals surface area (Å²) in [4.78, 5) is 13.4. The molecule has 0 aliphatic carbocycles. The van der Waals surface area contributed by atoms with Crippen LogP contribution in [0, 0.1) is 0 Å². The molecule has 0 atom stereocenters. The number of nitrogens with zero attached hydrogens (tertiary/aromatic N) is 1. The zero-order valence-corrected chi connectivity index (χ0v) is 11.4. The van der Waals surface area contributed by atoms with Gasteiger partial charge in [-0.1, -0.05) is 0 Å². The molecule has 0 saturated carbocycles. The molecule has 0 bridgehead atoms. The Hall–Kier alpha value is -1.28. The van der Waals surface area contributed by atoms with E-state index in [9.17, 15) is 13.2 Å². The van der Waals surface area contributed by atoms with Crippen molar-refractivity contribution in [2.45, 2.75) is 6.42 Å². The summed E-state index contributed by atoms with van der Waals surface area (Å²) >= 11 is 1.22. The van der Waals surface area contributed by atoms with Crippen molar-refractivity contribution in [1.82, 2.24) is 0 Å². The maximum absolute atomic E-state index is 11.5. The molecule has 2 rings (SSSR count). The Labute approximate surface area is 109 Å². The number of hydrogen-bond donors (Lipinski definition) is 2. The van der Waals surface area contributed by atoms with E-state index in [1.165, 1.54) is 11.3 Å². The van der Waals surface area contributed by atoms with E-state index < -0.39 is 15.7 Å². The summed E-state index contributed by atoms with van der Waals surface area (Å²) in [6.07, 6.45) is 0.589. The van der Waals surface area contributed by atoms with Gasteiger partial charge >= 0.3 is 0 Å². The van der Waals surface area contributed by atoms with Crippen molar-refractivity contribution in [3.63, 3.8) is 0 Å². The normalized spacial score (nSPS) is 19.4. The van der Waals surface area contributed by atoms with E-state index in [1.807, 2.05) is 4.90 Å². The second-order valence-electron chi connectivity index (χ2n) is 4.23. The van der Waals surface area contributed by atoms with E-state index >= 15 is 0 Å². The molecule has 1 amide bonds. The fourth-order valence-corrected chi connectivity index (χ4v) is 4.15. The SMILES string of the molecule is NC(=O)c1sc(N2CCCS(=O)(=O)CC2)cc1N. The largest absolute Gasteiger partial charge is 0.397 e. The molecule has 1 aromatic heterocycles. The van der Waals surface area contributed by atoms with Crippen molar-refractivity contribution < 1.29 is 13.2 Å². The van der Waals surface area contributed by atoms with Crippen LogP contribution in [0.3, 0.4) is 0 Å². The highest BCUT2D eigenvalue weighted by Gasteiger charge is 2.22.